The van der Waals surface area contributed by atoms with Crippen molar-refractivity contribution in [1.29, 1.82) is 0 Å². The molecule has 0 amide bonds. The minimum absolute atomic E-state index is 0.185. The lowest BCUT2D eigenvalue weighted by atomic mass is 9.96. The van der Waals surface area contributed by atoms with Gasteiger partial charge in [-0.15, -0.1) is 0 Å². The Hall–Kier alpha value is -2.47. The molecule has 0 aromatic heterocycles. The number of fused-ring (bicyclic) bond motifs is 2. The normalized spacial score (nSPS) is 16.4. The highest BCUT2D eigenvalue weighted by atomic mass is 16.9. The third-order valence-corrected chi connectivity index (χ3v) is 4.08. The van der Waals surface area contributed by atoms with Crippen LogP contribution in [0.2, 0.25) is 0 Å². The maximum Gasteiger partial charge on any atom is 0.341 e. The zero-order valence-corrected chi connectivity index (χ0v) is 12.5. The Labute approximate surface area is 133 Å². The number of carbonyl (C=O) groups excluding carboxylic acids is 1. The number of hydrogen-bond donors (Lipinski definition) is 1. The molecule has 1 aliphatic heterocycles. The van der Waals surface area contributed by atoms with Gasteiger partial charge in [0.2, 0.25) is 0 Å². The van der Waals surface area contributed by atoms with Crippen LogP contribution in [0, 0.1) is 0 Å². The number of nitrogens with zero attached hydrogens (tertiary/aromatic N) is 1. The smallest absolute Gasteiger partial charge is 0.341 e. The minimum Gasteiger partial charge on any atom is -0.344 e. The molecule has 0 spiro atoms. The van der Waals surface area contributed by atoms with Gasteiger partial charge in [0.1, 0.15) is 13.3 Å². The molecule has 4 rings (SSSR count). The second-order valence-electron chi connectivity index (χ2n) is 5.62. The Morgan fingerprint density at radius 3 is 2.35 bits per heavy atom. The topological polar surface area (TPSA) is 50.8 Å². The largest absolute Gasteiger partial charge is 0.344 e. The van der Waals surface area contributed by atoms with Crippen LogP contribution in [0.1, 0.15) is 5.56 Å². The van der Waals surface area contributed by atoms with E-state index >= 15 is 0 Å². The average molecular weight is 308 g/mol. The molecular weight excluding hydrogens is 292 g/mol. The van der Waals surface area contributed by atoms with Gasteiger partial charge in [-0.1, -0.05) is 48.5 Å². The molecule has 0 aliphatic carbocycles. The lowest BCUT2D eigenvalue weighted by Crippen LogP contribution is -2.29. The van der Waals surface area contributed by atoms with Gasteiger partial charge in [-0.3, -0.25) is 9.74 Å². The molecule has 23 heavy (non-hydrogen) atoms. The predicted octanol–water partition coefficient (Wildman–Crippen LogP) is 2.75. The van der Waals surface area contributed by atoms with Crippen LogP contribution >= 0.6 is 0 Å². The molecule has 0 radical (unpaired) electrons. The monoisotopic (exact) mass is 308 g/mol. The van der Waals surface area contributed by atoms with Crippen LogP contribution in [0.15, 0.2) is 54.6 Å². The van der Waals surface area contributed by atoms with E-state index in [4.69, 9.17) is 9.68 Å². The van der Waals surface area contributed by atoms with Crippen LogP contribution in [-0.4, -0.2) is 24.1 Å². The first kappa shape index (κ1) is 14.1. The average Bonchev–Trinajstić information content (AvgIpc) is 2.78. The van der Waals surface area contributed by atoms with E-state index in [1.807, 2.05) is 29.2 Å². The lowest BCUT2D eigenvalue weighted by Gasteiger charge is -2.19. The molecule has 0 atom stereocenters. The van der Waals surface area contributed by atoms with Crippen LogP contribution < -0.4 is 5.64 Å². The highest BCUT2D eigenvalue weighted by molar-refractivity contribution is 6.02. The van der Waals surface area contributed by atoms with Gasteiger partial charge in [-0.25, -0.2) is 4.79 Å². The van der Waals surface area contributed by atoms with Crippen LogP contribution in [0.25, 0.3) is 21.5 Å². The summed E-state index contributed by atoms with van der Waals surface area (Å²) in [4.78, 5) is 23.3. The number of carbonyl (C=O) groups is 1. The van der Waals surface area contributed by atoms with Gasteiger partial charge in [0, 0.05) is 6.54 Å². The fraction of sp³-hybridized carbons (Fsp3) is 0.167. The number of benzene rings is 3. The van der Waals surface area contributed by atoms with Crippen LogP contribution in [-0.2, 0) is 21.0 Å². The number of rotatable bonds is 2. The molecule has 1 saturated heterocycles. The van der Waals surface area contributed by atoms with E-state index in [-0.39, 0.29) is 19.2 Å². The molecule has 1 heterocycles. The summed E-state index contributed by atoms with van der Waals surface area (Å²) in [7, 11) is 0. The summed E-state index contributed by atoms with van der Waals surface area (Å²) >= 11 is 0. The first-order valence-electron chi connectivity index (χ1n) is 7.49. The van der Waals surface area contributed by atoms with Crippen LogP contribution in [0.3, 0.4) is 0 Å². The fourth-order valence-electron chi connectivity index (χ4n) is 3.06. The van der Waals surface area contributed by atoms with E-state index in [2.05, 4.69) is 36.0 Å². The summed E-state index contributed by atoms with van der Waals surface area (Å²) in [5.41, 5.74) is 3.39. The fourth-order valence-corrected chi connectivity index (χ4v) is 3.06. The molecule has 1 fully saturated rings. The molecule has 3 aromatic rings. The third kappa shape index (κ3) is 2.77. The minimum atomic E-state index is -0.355. The summed E-state index contributed by atoms with van der Waals surface area (Å²) in [5.74, 6) is -0.355. The predicted molar refractivity (Wildman–Crippen MR) is 87.0 cm³/mol. The molecule has 5 heteroatoms. The van der Waals surface area contributed by atoms with E-state index in [1.165, 1.54) is 27.1 Å². The van der Waals surface area contributed by atoms with Crippen molar-refractivity contribution in [3.05, 3.63) is 60.2 Å². The van der Waals surface area contributed by atoms with Gasteiger partial charge in [0.15, 0.2) is 0 Å². The van der Waals surface area contributed by atoms with Crippen molar-refractivity contribution >= 4 is 27.5 Å². The quantitative estimate of drug-likeness (QED) is 0.738. The molecule has 0 bridgehead atoms. The van der Waals surface area contributed by atoms with E-state index in [0.29, 0.717) is 6.54 Å². The van der Waals surface area contributed by atoms with Crippen molar-refractivity contribution in [3.63, 3.8) is 0 Å². The molecule has 1 N–H and O–H groups in total. The lowest BCUT2D eigenvalue weighted by molar-refractivity contribution is -0.184. The first-order valence-corrected chi connectivity index (χ1v) is 7.49. The van der Waals surface area contributed by atoms with Gasteiger partial charge in [-0.05, 0) is 38.8 Å². The van der Waals surface area contributed by atoms with Crippen LogP contribution in [0.4, 0.5) is 0 Å². The Morgan fingerprint density at radius 2 is 1.65 bits per heavy atom. The Balaban J connectivity index is 1.84. The maximum atomic E-state index is 11.6. The zero-order valence-electron chi connectivity index (χ0n) is 12.5. The summed E-state index contributed by atoms with van der Waals surface area (Å²) < 4.78 is 0. The summed E-state index contributed by atoms with van der Waals surface area (Å²) in [6.07, 6.45) is 0. The second-order valence-corrected chi connectivity index (χ2v) is 5.62. The number of nitrogens with one attached hydrogen (secondary N) is 1. The summed E-state index contributed by atoms with van der Waals surface area (Å²) in [5, 5.41) is 4.77. The van der Waals surface area contributed by atoms with Crippen molar-refractivity contribution in [2.24, 2.45) is 0 Å². The molecular formula is C18H16N2O3. The van der Waals surface area contributed by atoms with Gasteiger partial charge in [0.25, 0.3) is 0 Å². The second kappa shape index (κ2) is 5.96. The molecule has 116 valence electrons. The molecule has 1 aliphatic rings. The van der Waals surface area contributed by atoms with E-state index < -0.39 is 0 Å². The van der Waals surface area contributed by atoms with Crippen molar-refractivity contribution in [3.8, 4) is 0 Å². The van der Waals surface area contributed by atoms with Gasteiger partial charge >= 0.3 is 5.97 Å². The van der Waals surface area contributed by atoms with Crippen molar-refractivity contribution in [2.75, 3.05) is 13.3 Å². The van der Waals surface area contributed by atoms with Gasteiger partial charge in [0.05, 0.1) is 0 Å². The van der Waals surface area contributed by atoms with E-state index in [0.717, 1.165) is 0 Å². The Morgan fingerprint density at radius 1 is 1.00 bits per heavy atom. The third-order valence-electron chi connectivity index (χ3n) is 4.08. The first-order chi connectivity index (χ1) is 11.3. The van der Waals surface area contributed by atoms with Gasteiger partial charge in [-0.2, -0.15) is 0 Å². The number of hydrogen-bond acceptors (Lipinski definition) is 5. The SMILES string of the molecule is O=C1CN(Cc2c3ccccc3cc3ccccc23)CONO1. The highest BCUT2D eigenvalue weighted by Gasteiger charge is 2.19. The van der Waals surface area contributed by atoms with E-state index in [1.54, 1.807) is 0 Å². The van der Waals surface area contributed by atoms with Gasteiger partial charge < -0.3 is 4.84 Å². The standard InChI is InChI=1S/C18H16N2O3/c21-18-11-20(12-22-19-23-18)10-17-15-7-3-1-5-13(15)9-14-6-2-4-8-16(14)17/h1-9,19H,10-12H2. The van der Waals surface area contributed by atoms with E-state index in [9.17, 15) is 4.79 Å². The molecule has 0 unspecified atom stereocenters. The Bertz CT molecular complexity index is 824. The van der Waals surface area contributed by atoms with Crippen molar-refractivity contribution < 1.29 is 14.5 Å². The highest BCUT2D eigenvalue weighted by Crippen LogP contribution is 2.29. The Kier molecular flexibility index (Phi) is 3.67. The van der Waals surface area contributed by atoms with Crippen molar-refractivity contribution in [1.82, 2.24) is 10.5 Å². The summed E-state index contributed by atoms with van der Waals surface area (Å²) in [6.45, 7) is 1.08. The maximum absolute atomic E-state index is 11.6. The molecule has 0 saturated carbocycles. The summed E-state index contributed by atoms with van der Waals surface area (Å²) in [6, 6.07) is 18.8. The molecule has 5 nitrogen and oxygen atoms in total. The molecule has 3 aromatic carbocycles. The van der Waals surface area contributed by atoms with Crippen LogP contribution in [0.5, 0.6) is 0 Å². The van der Waals surface area contributed by atoms with Crippen molar-refractivity contribution in [2.45, 2.75) is 6.54 Å². The zero-order chi connectivity index (χ0) is 15.6.